The van der Waals surface area contributed by atoms with Crippen molar-refractivity contribution in [2.75, 3.05) is 17.2 Å². The minimum Gasteiger partial charge on any atom is -0.396 e. The lowest BCUT2D eigenvalue weighted by molar-refractivity contribution is 0.00446. The standard InChI is InChI=1S/C23H30N6O3S.ClH/c1-11(13-4-3-5-13)26-23-25-9-15(22-28-18-12(2)24-7-6-17(18)33-22)21(29-23)27-16-8-14(10-30)19(31)20(16)32;/h6-7,9,11,13-14,16,19-20,30-32H,3-5,8,10H2,1-2H3,(H2,25,26,27,29);1H/t11-,14-,16-,19-,20+;/m1./s1. The summed E-state index contributed by atoms with van der Waals surface area (Å²) in [6.07, 6.45) is 5.68. The van der Waals surface area contributed by atoms with Gasteiger partial charge in [-0.3, -0.25) is 4.98 Å². The van der Waals surface area contributed by atoms with E-state index in [0.717, 1.165) is 26.5 Å². The molecule has 11 heteroatoms. The van der Waals surface area contributed by atoms with Gasteiger partial charge in [-0.25, -0.2) is 9.97 Å². The third-order valence-electron chi connectivity index (χ3n) is 7.08. The molecule has 5 atom stereocenters. The largest absolute Gasteiger partial charge is 0.396 e. The van der Waals surface area contributed by atoms with Crippen LogP contribution in [0.5, 0.6) is 0 Å². The summed E-state index contributed by atoms with van der Waals surface area (Å²) in [6, 6.07) is 1.77. The Morgan fingerprint density at radius 1 is 1.18 bits per heavy atom. The number of aromatic nitrogens is 4. The zero-order valence-corrected chi connectivity index (χ0v) is 20.8. The molecule has 0 aromatic carbocycles. The third-order valence-corrected chi connectivity index (χ3v) is 8.14. The normalized spacial score (nSPS) is 25.6. The number of halogens is 1. The molecule has 5 rings (SSSR count). The molecule has 2 saturated carbocycles. The summed E-state index contributed by atoms with van der Waals surface area (Å²) >= 11 is 1.54. The highest BCUT2D eigenvalue weighted by molar-refractivity contribution is 7.21. The summed E-state index contributed by atoms with van der Waals surface area (Å²) < 4.78 is 1.03. The van der Waals surface area contributed by atoms with E-state index in [1.165, 1.54) is 30.6 Å². The molecule has 34 heavy (non-hydrogen) atoms. The fourth-order valence-corrected chi connectivity index (χ4v) is 5.72. The number of aliphatic hydroxyl groups is 3. The Balaban J connectivity index is 0.00000274. The molecule has 0 bridgehead atoms. The average Bonchev–Trinajstić information content (AvgIpc) is 3.30. The Hall–Kier alpha value is -2.11. The maximum atomic E-state index is 10.6. The molecule has 2 fully saturated rings. The summed E-state index contributed by atoms with van der Waals surface area (Å²) in [5, 5.41) is 37.9. The van der Waals surface area contributed by atoms with E-state index in [-0.39, 0.29) is 31.0 Å². The van der Waals surface area contributed by atoms with Gasteiger partial charge in [-0.2, -0.15) is 4.98 Å². The first-order valence-corrected chi connectivity index (χ1v) is 12.4. The van der Waals surface area contributed by atoms with Crippen LogP contribution in [0, 0.1) is 18.8 Å². The van der Waals surface area contributed by atoms with Gasteiger partial charge in [0, 0.05) is 31.0 Å². The molecule has 3 heterocycles. The predicted molar refractivity (Wildman–Crippen MR) is 135 cm³/mol. The maximum absolute atomic E-state index is 10.6. The number of hydrogen-bond donors (Lipinski definition) is 5. The monoisotopic (exact) mass is 506 g/mol. The van der Waals surface area contributed by atoms with Crippen molar-refractivity contribution in [2.45, 2.75) is 63.8 Å². The second-order valence-electron chi connectivity index (χ2n) is 9.25. The number of aliphatic hydroxyl groups excluding tert-OH is 3. The minimum atomic E-state index is -1.00. The average molecular weight is 507 g/mol. The van der Waals surface area contributed by atoms with Crippen LogP contribution in [-0.4, -0.2) is 66.2 Å². The first-order valence-electron chi connectivity index (χ1n) is 11.5. The van der Waals surface area contributed by atoms with Gasteiger partial charge in [0.05, 0.1) is 28.1 Å². The molecule has 0 saturated heterocycles. The second-order valence-corrected chi connectivity index (χ2v) is 10.3. The lowest BCUT2D eigenvalue weighted by Crippen LogP contribution is -2.36. The Kier molecular flexibility index (Phi) is 7.54. The van der Waals surface area contributed by atoms with Gasteiger partial charge in [-0.1, -0.05) is 6.42 Å². The predicted octanol–water partition coefficient (Wildman–Crippen LogP) is 2.99. The van der Waals surface area contributed by atoms with Crippen LogP contribution in [0.25, 0.3) is 20.8 Å². The van der Waals surface area contributed by atoms with Gasteiger partial charge in [0.2, 0.25) is 5.95 Å². The number of pyridine rings is 1. The fraction of sp³-hybridized carbons (Fsp3) is 0.565. The third kappa shape index (κ3) is 4.70. The van der Waals surface area contributed by atoms with E-state index in [1.54, 1.807) is 12.4 Å². The lowest BCUT2D eigenvalue weighted by atomic mass is 9.80. The quantitative estimate of drug-likeness (QED) is 0.327. The van der Waals surface area contributed by atoms with E-state index in [0.29, 0.717) is 24.1 Å². The number of aryl methyl sites for hydroxylation is 1. The van der Waals surface area contributed by atoms with Crippen molar-refractivity contribution in [1.29, 1.82) is 0 Å². The van der Waals surface area contributed by atoms with Gasteiger partial charge >= 0.3 is 0 Å². The van der Waals surface area contributed by atoms with Crippen LogP contribution in [0.1, 0.15) is 38.3 Å². The van der Waals surface area contributed by atoms with Crippen LogP contribution in [0.15, 0.2) is 18.5 Å². The van der Waals surface area contributed by atoms with Crippen molar-refractivity contribution in [3.8, 4) is 10.6 Å². The molecular formula is C23H31ClN6O3S. The summed E-state index contributed by atoms with van der Waals surface area (Å²) in [4.78, 5) is 18.4. The van der Waals surface area contributed by atoms with Gasteiger partial charge in [-0.15, -0.1) is 23.7 Å². The number of thiazole rings is 1. The molecular weight excluding hydrogens is 476 g/mol. The Morgan fingerprint density at radius 2 is 1.97 bits per heavy atom. The second kappa shape index (κ2) is 10.2. The SMILES string of the molecule is Cc1nccc2sc(-c3cnc(N[C@H](C)C4CCC4)nc3N[C@@H]3C[C@H](CO)[C@@H](O)[C@H]3O)nc12.Cl. The van der Waals surface area contributed by atoms with E-state index in [2.05, 4.69) is 27.5 Å². The summed E-state index contributed by atoms with van der Waals surface area (Å²) in [7, 11) is 0. The van der Waals surface area contributed by atoms with E-state index < -0.39 is 18.2 Å². The first-order chi connectivity index (χ1) is 15.9. The molecule has 9 nitrogen and oxygen atoms in total. The van der Waals surface area contributed by atoms with Gasteiger partial charge in [0.1, 0.15) is 22.4 Å². The van der Waals surface area contributed by atoms with Gasteiger partial charge < -0.3 is 26.0 Å². The molecule has 5 N–H and O–H groups in total. The van der Waals surface area contributed by atoms with Crippen molar-refractivity contribution >= 4 is 45.7 Å². The smallest absolute Gasteiger partial charge is 0.224 e. The van der Waals surface area contributed by atoms with Crippen LogP contribution in [-0.2, 0) is 0 Å². The number of hydrogen-bond acceptors (Lipinski definition) is 10. The van der Waals surface area contributed by atoms with Crippen molar-refractivity contribution in [3.05, 3.63) is 24.2 Å². The number of nitrogens with zero attached hydrogens (tertiary/aromatic N) is 4. The van der Waals surface area contributed by atoms with Gasteiger partial charge in [-0.05, 0) is 45.1 Å². The number of nitrogens with one attached hydrogen (secondary N) is 2. The number of fused-ring (bicyclic) bond motifs is 1. The Labute approximate surface area is 208 Å². The van der Waals surface area contributed by atoms with E-state index in [1.807, 2.05) is 13.0 Å². The Morgan fingerprint density at radius 3 is 2.62 bits per heavy atom. The highest BCUT2D eigenvalue weighted by Gasteiger charge is 2.41. The molecule has 0 amide bonds. The molecule has 0 spiro atoms. The van der Waals surface area contributed by atoms with Crippen LogP contribution in [0.2, 0.25) is 0 Å². The molecule has 0 aliphatic heterocycles. The topological polar surface area (TPSA) is 136 Å². The van der Waals surface area contributed by atoms with Gasteiger partial charge in [0.25, 0.3) is 0 Å². The Bertz CT molecular complexity index is 1140. The van der Waals surface area contributed by atoms with Crippen LogP contribution >= 0.6 is 23.7 Å². The highest BCUT2D eigenvalue weighted by Crippen LogP contribution is 2.37. The summed E-state index contributed by atoms with van der Waals surface area (Å²) in [5.41, 5.74) is 2.44. The van der Waals surface area contributed by atoms with Crippen molar-refractivity contribution in [2.24, 2.45) is 11.8 Å². The zero-order chi connectivity index (χ0) is 23.1. The molecule has 0 radical (unpaired) electrons. The van der Waals surface area contributed by atoms with Crippen molar-refractivity contribution in [1.82, 2.24) is 19.9 Å². The highest BCUT2D eigenvalue weighted by atomic mass is 35.5. The molecule has 2 aliphatic rings. The summed E-state index contributed by atoms with van der Waals surface area (Å²) in [6.45, 7) is 3.91. The zero-order valence-electron chi connectivity index (χ0n) is 19.2. The number of anilines is 2. The molecule has 3 aromatic heterocycles. The molecule has 3 aromatic rings. The molecule has 184 valence electrons. The molecule has 0 unspecified atom stereocenters. The maximum Gasteiger partial charge on any atom is 0.224 e. The van der Waals surface area contributed by atoms with Crippen LogP contribution in [0.4, 0.5) is 11.8 Å². The molecule has 2 aliphatic carbocycles. The van der Waals surface area contributed by atoms with Crippen molar-refractivity contribution in [3.63, 3.8) is 0 Å². The number of rotatable bonds is 7. The van der Waals surface area contributed by atoms with E-state index in [9.17, 15) is 15.3 Å². The van der Waals surface area contributed by atoms with Gasteiger partial charge in [0.15, 0.2) is 0 Å². The van der Waals surface area contributed by atoms with E-state index >= 15 is 0 Å². The lowest BCUT2D eigenvalue weighted by Gasteiger charge is -2.32. The minimum absolute atomic E-state index is 0. The van der Waals surface area contributed by atoms with Crippen LogP contribution < -0.4 is 10.6 Å². The van der Waals surface area contributed by atoms with E-state index in [4.69, 9.17) is 9.97 Å². The van der Waals surface area contributed by atoms with Crippen LogP contribution in [0.3, 0.4) is 0 Å². The first kappa shape index (κ1) is 25.0. The van der Waals surface area contributed by atoms with Crippen molar-refractivity contribution < 1.29 is 15.3 Å². The summed E-state index contributed by atoms with van der Waals surface area (Å²) in [5.74, 6) is 1.32. The fourth-order valence-electron chi connectivity index (χ4n) is 4.70.